The number of nitrogens with zero attached hydrogens (tertiary/aromatic N) is 1. The molecule has 0 spiro atoms. The van der Waals surface area contributed by atoms with Crippen molar-refractivity contribution < 1.29 is 18.3 Å². The molecule has 1 amide bonds. The van der Waals surface area contributed by atoms with Gasteiger partial charge in [0.2, 0.25) is 0 Å². The summed E-state index contributed by atoms with van der Waals surface area (Å²) in [6, 6.07) is 3.63. The van der Waals surface area contributed by atoms with E-state index in [1.807, 2.05) is 6.92 Å². The van der Waals surface area contributed by atoms with E-state index in [1.165, 1.54) is 18.2 Å². The van der Waals surface area contributed by atoms with Crippen LogP contribution in [-0.4, -0.2) is 30.6 Å². The third-order valence-electron chi connectivity index (χ3n) is 3.13. The molecule has 23 heavy (non-hydrogen) atoms. The monoisotopic (exact) mass is 340 g/mol. The van der Waals surface area contributed by atoms with Gasteiger partial charge in [-0.15, -0.1) is 11.3 Å². The van der Waals surface area contributed by atoms with Crippen LogP contribution in [0, 0.1) is 18.6 Å². The van der Waals surface area contributed by atoms with Crippen LogP contribution in [0.25, 0.3) is 10.6 Å². The molecule has 0 radical (unpaired) electrons. The Hall–Kier alpha value is -1.86. The van der Waals surface area contributed by atoms with Crippen LogP contribution in [0.15, 0.2) is 18.2 Å². The maximum Gasteiger partial charge on any atom is 0.263 e. The van der Waals surface area contributed by atoms with Gasteiger partial charge in [0, 0.05) is 19.8 Å². The first-order valence-electron chi connectivity index (χ1n) is 7.32. The Kier molecular flexibility index (Phi) is 6.18. The van der Waals surface area contributed by atoms with E-state index in [-0.39, 0.29) is 16.5 Å². The first kappa shape index (κ1) is 17.5. The van der Waals surface area contributed by atoms with Crippen LogP contribution in [0.2, 0.25) is 0 Å². The molecule has 2 aromatic rings. The smallest absolute Gasteiger partial charge is 0.263 e. The molecule has 1 N–H and O–H groups in total. The van der Waals surface area contributed by atoms with Crippen molar-refractivity contribution in [2.24, 2.45) is 0 Å². The number of hydrogen-bond acceptors (Lipinski definition) is 4. The number of nitrogens with one attached hydrogen (secondary N) is 1. The summed E-state index contributed by atoms with van der Waals surface area (Å²) in [4.78, 5) is 16.6. The van der Waals surface area contributed by atoms with Crippen LogP contribution in [0.4, 0.5) is 8.78 Å². The number of rotatable bonds is 7. The van der Waals surface area contributed by atoms with Gasteiger partial charge in [-0.2, -0.15) is 0 Å². The molecule has 0 aliphatic rings. The third-order valence-corrected chi connectivity index (χ3v) is 4.31. The fraction of sp³-hybridized carbons (Fsp3) is 0.375. The molecule has 0 aliphatic carbocycles. The Morgan fingerprint density at radius 2 is 2.04 bits per heavy atom. The Bertz CT molecular complexity index is 668. The number of ether oxygens (including phenoxy) is 1. The largest absolute Gasteiger partial charge is 0.382 e. The zero-order valence-corrected chi connectivity index (χ0v) is 13.8. The molecule has 0 unspecified atom stereocenters. The lowest BCUT2D eigenvalue weighted by Gasteiger charge is -2.04. The summed E-state index contributed by atoms with van der Waals surface area (Å²) in [6.07, 6.45) is 0.701. The summed E-state index contributed by atoms with van der Waals surface area (Å²) in [5.74, 6) is -1.68. The summed E-state index contributed by atoms with van der Waals surface area (Å²) in [5, 5.41) is 2.92. The number of halogens is 2. The minimum Gasteiger partial charge on any atom is -0.382 e. The van der Waals surface area contributed by atoms with Crippen LogP contribution < -0.4 is 5.32 Å². The fourth-order valence-electron chi connectivity index (χ4n) is 2.02. The van der Waals surface area contributed by atoms with Crippen molar-refractivity contribution in [1.82, 2.24) is 10.3 Å². The maximum atomic E-state index is 13.8. The highest BCUT2D eigenvalue weighted by Crippen LogP contribution is 2.31. The van der Waals surface area contributed by atoms with E-state index in [9.17, 15) is 13.6 Å². The van der Waals surface area contributed by atoms with Gasteiger partial charge in [-0.3, -0.25) is 4.79 Å². The van der Waals surface area contributed by atoms with Crippen molar-refractivity contribution >= 4 is 17.2 Å². The van der Waals surface area contributed by atoms with Gasteiger partial charge in [-0.05, 0) is 32.4 Å². The van der Waals surface area contributed by atoms with Gasteiger partial charge < -0.3 is 10.1 Å². The molecule has 4 nitrogen and oxygen atoms in total. The second-order valence-corrected chi connectivity index (χ2v) is 5.84. The van der Waals surface area contributed by atoms with Gasteiger partial charge in [0.25, 0.3) is 5.91 Å². The zero-order valence-electron chi connectivity index (χ0n) is 13.0. The number of aryl methyl sites for hydroxylation is 1. The van der Waals surface area contributed by atoms with E-state index in [0.29, 0.717) is 36.8 Å². The molecule has 1 aromatic carbocycles. The molecular formula is C16H18F2N2O2S. The molecular weight excluding hydrogens is 322 g/mol. The Morgan fingerprint density at radius 3 is 2.70 bits per heavy atom. The van der Waals surface area contributed by atoms with E-state index in [1.54, 1.807) is 6.92 Å². The predicted molar refractivity (Wildman–Crippen MR) is 85.6 cm³/mol. The number of carbonyl (C=O) groups excluding carboxylic acids is 1. The average molecular weight is 340 g/mol. The lowest BCUT2D eigenvalue weighted by molar-refractivity contribution is 0.0947. The molecule has 0 aliphatic heterocycles. The van der Waals surface area contributed by atoms with Crippen molar-refractivity contribution in [3.63, 3.8) is 0 Å². The minimum atomic E-state index is -0.692. The Balaban J connectivity index is 2.10. The fourth-order valence-corrected chi connectivity index (χ4v) is 3.05. The van der Waals surface area contributed by atoms with Gasteiger partial charge in [-0.25, -0.2) is 13.8 Å². The minimum absolute atomic E-state index is 0.164. The lowest BCUT2D eigenvalue weighted by atomic mass is 10.2. The van der Waals surface area contributed by atoms with Gasteiger partial charge in [0.05, 0.1) is 11.3 Å². The first-order chi connectivity index (χ1) is 11.0. The molecule has 0 saturated heterocycles. The molecule has 1 aromatic heterocycles. The standard InChI is InChI=1S/C16H18F2N2O2S/c1-3-22-9-5-8-19-15(21)14-10(2)20-16(23-14)13-11(17)6-4-7-12(13)18/h4,6-7H,3,5,8-9H2,1-2H3,(H,19,21). The van der Waals surface area contributed by atoms with Gasteiger partial charge in [0.1, 0.15) is 21.5 Å². The first-order valence-corrected chi connectivity index (χ1v) is 8.14. The van der Waals surface area contributed by atoms with Crippen molar-refractivity contribution in [2.45, 2.75) is 20.3 Å². The molecule has 1 heterocycles. The summed E-state index contributed by atoms with van der Waals surface area (Å²) >= 11 is 0.983. The van der Waals surface area contributed by atoms with Crippen molar-refractivity contribution in [3.8, 4) is 10.6 Å². The average Bonchev–Trinajstić information content (AvgIpc) is 2.88. The van der Waals surface area contributed by atoms with E-state index < -0.39 is 11.6 Å². The normalized spacial score (nSPS) is 10.8. The number of hydrogen-bond donors (Lipinski definition) is 1. The second kappa shape index (κ2) is 8.12. The van der Waals surface area contributed by atoms with E-state index in [0.717, 1.165) is 11.3 Å². The number of thiazole rings is 1. The summed E-state index contributed by atoms with van der Waals surface area (Å²) in [7, 11) is 0. The highest BCUT2D eigenvalue weighted by molar-refractivity contribution is 7.17. The number of benzene rings is 1. The van der Waals surface area contributed by atoms with Gasteiger partial charge in [0.15, 0.2) is 0 Å². The number of amides is 1. The van der Waals surface area contributed by atoms with Crippen LogP contribution in [0.5, 0.6) is 0 Å². The van der Waals surface area contributed by atoms with Crippen molar-refractivity contribution in [2.75, 3.05) is 19.8 Å². The van der Waals surface area contributed by atoms with Gasteiger partial charge in [-0.1, -0.05) is 6.07 Å². The summed E-state index contributed by atoms with van der Waals surface area (Å²) < 4.78 is 32.8. The molecule has 0 bridgehead atoms. The topological polar surface area (TPSA) is 51.2 Å². The molecule has 2 rings (SSSR count). The maximum absolute atomic E-state index is 13.8. The Labute approximate surface area is 137 Å². The van der Waals surface area contributed by atoms with Crippen LogP contribution in [0.1, 0.15) is 28.7 Å². The molecule has 0 fully saturated rings. The third kappa shape index (κ3) is 4.33. The predicted octanol–water partition coefficient (Wildman–Crippen LogP) is 3.55. The number of aromatic nitrogens is 1. The van der Waals surface area contributed by atoms with Crippen molar-refractivity contribution in [3.05, 3.63) is 40.4 Å². The number of carbonyl (C=O) groups is 1. The van der Waals surface area contributed by atoms with Crippen LogP contribution in [-0.2, 0) is 4.74 Å². The molecule has 124 valence electrons. The SMILES string of the molecule is CCOCCCNC(=O)c1sc(-c2c(F)cccc2F)nc1C. The van der Waals surface area contributed by atoms with Gasteiger partial charge >= 0.3 is 0 Å². The highest BCUT2D eigenvalue weighted by Gasteiger charge is 2.20. The summed E-state index contributed by atoms with van der Waals surface area (Å²) in [5.41, 5.74) is 0.256. The molecule has 0 saturated carbocycles. The lowest BCUT2D eigenvalue weighted by Crippen LogP contribution is -2.25. The zero-order chi connectivity index (χ0) is 16.8. The van der Waals surface area contributed by atoms with E-state index in [2.05, 4.69) is 10.3 Å². The van der Waals surface area contributed by atoms with E-state index >= 15 is 0 Å². The van der Waals surface area contributed by atoms with Crippen molar-refractivity contribution in [1.29, 1.82) is 0 Å². The molecule has 7 heteroatoms. The highest BCUT2D eigenvalue weighted by atomic mass is 32.1. The van der Waals surface area contributed by atoms with E-state index in [4.69, 9.17) is 4.74 Å². The van der Waals surface area contributed by atoms with Crippen LogP contribution >= 0.6 is 11.3 Å². The van der Waals surface area contributed by atoms with Crippen LogP contribution in [0.3, 0.4) is 0 Å². The molecule has 0 atom stereocenters. The Morgan fingerprint density at radius 1 is 1.35 bits per heavy atom. The quantitative estimate of drug-likeness (QED) is 0.784. The second-order valence-electron chi connectivity index (χ2n) is 4.84. The summed E-state index contributed by atoms with van der Waals surface area (Å²) in [6.45, 7) is 5.24.